The summed E-state index contributed by atoms with van der Waals surface area (Å²) >= 11 is 1.46. The lowest BCUT2D eigenvalue weighted by Gasteiger charge is -2.23. The first-order chi connectivity index (χ1) is 14.8. The molecule has 0 bridgehead atoms. The SMILES string of the molecule is Cc1cc2nc(N(CC3CCCO3)C(=O)CCS(=O)(=O)c3ccccc3)sc2cc1C. The number of hydrogen-bond acceptors (Lipinski definition) is 6. The summed E-state index contributed by atoms with van der Waals surface area (Å²) in [6.07, 6.45) is 1.70. The number of aryl methyl sites for hydroxylation is 2. The number of amides is 1. The monoisotopic (exact) mass is 458 g/mol. The van der Waals surface area contributed by atoms with Gasteiger partial charge in [0.1, 0.15) is 0 Å². The molecule has 8 heteroatoms. The van der Waals surface area contributed by atoms with Gasteiger partial charge in [0.2, 0.25) is 5.91 Å². The summed E-state index contributed by atoms with van der Waals surface area (Å²) in [4.78, 5) is 19.7. The molecule has 2 aromatic carbocycles. The molecule has 1 saturated heterocycles. The lowest BCUT2D eigenvalue weighted by Crippen LogP contribution is -2.38. The smallest absolute Gasteiger partial charge is 0.229 e. The van der Waals surface area contributed by atoms with Crippen LogP contribution >= 0.6 is 11.3 Å². The van der Waals surface area contributed by atoms with Crippen molar-refractivity contribution in [3.63, 3.8) is 0 Å². The minimum Gasteiger partial charge on any atom is -0.376 e. The number of nitrogens with zero attached hydrogens (tertiary/aromatic N) is 2. The Kier molecular flexibility index (Phi) is 6.41. The van der Waals surface area contributed by atoms with Crippen LogP contribution < -0.4 is 4.90 Å². The minimum atomic E-state index is -3.53. The van der Waals surface area contributed by atoms with E-state index in [0.29, 0.717) is 18.3 Å². The fourth-order valence-corrected chi connectivity index (χ4v) is 5.99. The molecule has 0 aliphatic carbocycles. The molecule has 0 spiro atoms. The van der Waals surface area contributed by atoms with Crippen molar-refractivity contribution in [1.29, 1.82) is 0 Å². The highest BCUT2D eigenvalue weighted by molar-refractivity contribution is 7.91. The highest BCUT2D eigenvalue weighted by atomic mass is 32.2. The third kappa shape index (κ3) is 4.97. The van der Waals surface area contributed by atoms with Crippen LogP contribution in [-0.2, 0) is 19.4 Å². The van der Waals surface area contributed by atoms with Crippen LogP contribution in [0, 0.1) is 13.8 Å². The van der Waals surface area contributed by atoms with Gasteiger partial charge in [0.25, 0.3) is 0 Å². The van der Waals surface area contributed by atoms with Crippen molar-refractivity contribution in [1.82, 2.24) is 4.98 Å². The third-order valence-corrected chi connectivity index (χ3v) is 8.39. The van der Waals surface area contributed by atoms with Crippen LogP contribution in [0.15, 0.2) is 47.4 Å². The minimum absolute atomic E-state index is 0.0508. The van der Waals surface area contributed by atoms with E-state index >= 15 is 0 Å². The first-order valence-electron chi connectivity index (χ1n) is 10.4. The van der Waals surface area contributed by atoms with E-state index in [-0.39, 0.29) is 29.1 Å². The molecule has 164 valence electrons. The van der Waals surface area contributed by atoms with Crippen molar-refractivity contribution in [2.75, 3.05) is 23.8 Å². The summed E-state index contributed by atoms with van der Waals surface area (Å²) in [6, 6.07) is 12.4. The summed E-state index contributed by atoms with van der Waals surface area (Å²) in [5, 5.41) is 0.595. The van der Waals surface area contributed by atoms with Crippen LogP contribution in [0.3, 0.4) is 0 Å². The highest BCUT2D eigenvalue weighted by Crippen LogP contribution is 2.32. The molecule has 1 aliphatic heterocycles. The summed E-state index contributed by atoms with van der Waals surface area (Å²) in [6.45, 7) is 5.17. The van der Waals surface area contributed by atoms with Gasteiger partial charge in [-0.25, -0.2) is 13.4 Å². The van der Waals surface area contributed by atoms with E-state index in [0.717, 1.165) is 28.6 Å². The first kappa shape index (κ1) is 21.9. The number of aromatic nitrogens is 1. The third-order valence-electron chi connectivity index (χ3n) is 5.62. The summed E-state index contributed by atoms with van der Waals surface area (Å²) in [5.41, 5.74) is 3.18. The van der Waals surface area contributed by atoms with Crippen molar-refractivity contribution >= 4 is 42.4 Å². The van der Waals surface area contributed by atoms with Gasteiger partial charge in [-0.2, -0.15) is 0 Å². The molecule has 1 amide bonds. The Morgan fingerprint density at radius 3 is 2.65 bits per heavy atom. The van der Waals surface area contributed by atoms with E-state index < -0.39 is 9.84 Å². The molecule has 0 N–H and O–H groups in total. The van der Waals surface area contributed by atoms with Crippen molar-refractivity contribution in [3.8, 4) is 0 Å². The predicted molar refractivity (Wildman–Crippen MR) is 124 cm³/mol. The van der Waals surface area contributed by atoms with E-state index in [4.69, 9.17) is 9.72 Å². The Hall–Kier alpha value is -2.29. The Morgan fingerprint density at radius 1 is 1.19 bits per heavy atom. The van der Waals surface area contributed by atoms with Gasteiger partial charge in [-0.15, -0.1) is 0 Å². The molecule has 6 nitrogen and oxygen atoms in total. The molecule has 0 radical (unpaired) electrons. The zero-order chi connectivity index (χ0) is 22.0. The Bertz CT molecular complexity index is 1140. The number of hydrogen-bond donors (Lipinski definition) is 0. The van der Waals surface area contributed by atoms with E-state index in [1.807, 2.05) is 13.0 Å². The van der Waals surface area contributed by atoms with Crippen molar-refractivity contribution in [3.05, 3.63) is 53.6 Å². The largest absolute Gasteiger partial charge is 0.376 e. The van der Waals surface area contributed by atoms with Crippen LogP contribution in [0.1, 0.15) is 30.4 Å². The summed E-state index contributed by atoms with van der Waals surface area (Å²) in [5.74, 6) is -0.483. The average Bonchev–Trinajstić information content (AvgIpc) is 3.41. The number of carbonyl (C=O) groups is 1. The van der Waals surface area contributed by atoms with Crippen LogP contribution in [-0.4, -0.2) is 44.3 Å². The zero-order valence-electron chi connectivity index (χ0n) is 17.7. The normalized spacial score (nSPS) is 16.6. The van der Waals surface area contributed by atoms with Gasteiger partial charge in [-0.05, 0) is 62.1 Å². The zero-order valence-corrected chi connectivity index (χ0v) is 19.3. The molecule has 0 saturated carbocycles. The molecule has 4 rings (SSSR count). The Balaban J connectivity index is 1.58. The van der Waals surface area contributed by atoms with Crippen LogP contribution in [0.25, 0.3) is 10.2 Å². The lowest BCUT2D eigenvalue weighted by molar-refractivity contribution is -0.118. The number of ether oxygens (including phenoxy) is 1. The van der Waals surface area contributed by atoms with Crippen LogP contribution in [0.4, 0.5) is 5.13 Å². The van der Waals surface area contributed by atoms with Crippen molar-refractivity contribution < 1.29 is 17.9 Å². The van der Waals surface area contributed by atoms with Gasteiger partial charge in [0, 0.05) is 13.0 Å². The second kappa shape index (κ2) is 9.06. The Labute approximate surface area is 186 Å². The molecule has 31 heavy (non-hydrogen) atoms. The fraction of sp³-hybridized carbons (Fsp3) is 0.391. The van der Waals surface area contributed by atoms with E-state index in [9.17, 15) is 13.2 Å². The van der Waals surface area contributed by atoms with Crippen LogP contribution in [0.5, 0.6) is 0 Å². The number of benzene rings is 2. The molecule has 1 aliphatic rings. The first-order valence-corrected chi connectivity index (χ1v) is 12.9. The van der Waals surface area contributed by atoms with Gasteiger partial charge in [-0.1, -0.05) is 29.5 Å². The molecule has 1 aromatic heterocycles. The average molecular weight is 459 g/mol. The molecule has 1 fully saturated rings. The molecular weight excluding hydrogens is 432 g/mol. The van der Waals surface area contributed by atoms with E-state index in [1.54, 1.807) is 35.2 Å². The molecule has 1 unspecified atom stereocenters. The predicted octanol–water partition coefficient (Wildman–Crippen LogP) is 4.29. The maximum atomic E-state index is 13.2. The number of thiazole rings is 1. The van der Waals surface area contributed by atoms with Gasteiger partial charge >= 0.3 is 0 Å². The number of rotatable bonds is 7. The second-order valence-electron chi connectivity index (χ2n) is 7.92. The molecule has 3 aromatic rings. The number of sulfone groups is 1. The number of carbonyl (C=O) groups excluding carboxylic acids is 1. The molecule has 2 heterocycles. The van der Waals surface area contributed by atoms with Crippen molar-refractivity contribution in [2.24, 2.45) is 0 Å². The molecular formula is C23H26N2O4S2. The quantitative estimate of drug-likeness (QED) is 0.528. The topological polar surface area (TPSA) is 76.6 Å². The van der Waals surface area contributed by atoms with Crippen LogP contribution in [0.2, 0.25) is 0 Å². The van der Waals surface area contributed by atoms with Gasteiger partial charge in [-0.3, -0.25) is 9.69 Å². The number of anilines is 1. The van der Waals surface area contributed by atoms with E-state index in [2.05, 4.69) is 13.0 Å². The fourth-order valence-electron chi connectivity index (χ4n) is 3.66. The number of fused-ring (bicyclic) bond motifs is 1. The Morgan fingerprint density at radius 2 is 1.94 bits per heavy atom. The summed E-state index contributed by atoms with van der Waals surface area (Å²) < 4.78 is 32.1. The highest BCUT2D eigenvalue weighted by Gasteiger charge is 2.27. The maximum Gasteiger partial charge on any atom is 0.229 e. The second-order valence-corrected chi connectivity index (χ2v) is 11.0. The summed E-state index contributed by atoms with van der Waals surface area (Å²) in [7, 11) is -3.53. The van der Waals surface area contributed by atoms with Gasteiger partial charge in [0.05, 0.1) is 33.5 Å². The van der Waals surface area contributed by atoms with Gasteiger partial charge < -0.3 is 4.74 Å². The van der Waals surface area contributed by atoms with E-state index in [1.165, 1.54) is 16.9 Å². The maximum absolute atomic E-state index is 13.2. The standard InChI is InChI=1S/C23H26N2O4S2/c1-16-13-20-21(14-17(16)2)30-23(24-20)25(15-18-7-6-11-29-18)22(26)10-12-31(27,28)19-8-4-3-5-9-19/h3-5,8-9,13-14,18H,6-7,10-12,15H2,1-2H3. The molecule has 1 atom stereocenters. The lowest BCUT2D eigenvalue weighted by atomic mass is 10.1. The van der Waals surface area contributed by atoms with Crippen molar-refractivity contribution in [2.45, 2.75) is 44.1 Å². The van der Waals surface area contributed by atoms with Gasteiger partial charge in [0.15, 0.2) is 15.0 Å².